The summed E-state index contributed by atoms with van der Waals surface area (Å²) < 4.78 is 0. The molecule has 3 rings (SSSR count). The Morgan fingerprint density at radius 3 is 2.28 bits per heavy atom. The molecule has 7 nitrogen and oxygen atoms in total. The lowest BCUT2D eigenvalue weighted by atomic mass is 9.92. The fourth-order valence-electron chi connectivity index (χ4n) is 5.11. The predicted octanol–water partition coefficient (Wildman–Crippen LogP) is 1.38. The summed E-state index contributed by atoms with van der Waals surface area (Å²) in [7, 11) is 0. The van der Waals surface area contributed by atoms with Crippen LogP contribution in [0.5, 0.6) is 0 Å². The van der Waals surface area contributed by atoms with E-state index in [-0.39, 0.29) is 5.91 Å². The molecular formula is C22H41N5O2. The second-order valence-electron chi connectivity index (χ2n) is 9.61. The highest BCUT2D eigenvalue weighted by atomic mass is 16.3. The molecule has 1 saturated carbocycles. The molecule has 0 aromatic carbocycles. The number of amides is 1. The van der Waals surface area contributed by atoms with Crippen molar-refractivity contribution in [2.75, 3.05) is 58.9 Å². The van der Waals surface area contributed by atoms with Crippen molar-refractivity contribution < 1.29 is 9.90 Å². The van der Waals surface area contributed by atoms with Crippen LogP contribution < -0.4 is 5.32 Å². The van der Waals surface area contributed by atoms with E-state index in [0.29, 0.717) is 24.9 Å². The van der Waals surface area contributed by atoms with Crippen molar-refractivity contribution >= 4 is 11.9 Å². The van der Waals surface area contributed by atoms with E-state index in [2.05, 4.69) is 40.8 Å². The zero-order valence-corrected chi connectivity index (χ0v) is 18.7. The van der Waals surface area contributed by atoms with Gasteiger partial charge in [-0.1, -0.05) is 26.7 Å². The molecule has 0 radical (unpaired) electrons. The van der Waals surface area contributed by atoms with Gasteiger partial charge in [0.2, 0.25) is 5.91 Å². The number of carbonyl (C=O) groups is 1. The van der Waals surface area contributed by atoms with Crippen LogP contribution in [-0.4, -0.2) is 96.2 Å². The highest BCUT2D eigenvalue weighted by Crippen LogP contribution is 2.29. The zero-order chi connectivity index (χ0) is 20.9. The molecule has 2 atom stereocenters. The molecule has 0 spiro atoms. The van der Waals surface area contributed by atoms with Crippen LogP contribution in [0, 0.1) is 11.8 Å². The summed E-state index contributed by atoms with van der Waals surface area (Å²) >= 11 is 0. The van der Waals surface area contributed by atoms with Crippen LogP contribution in [0.3, 0.4) is 0 Å². The number of likely N-dealkylation sites (tertiary alicyclic amines) is 1. The number of hydrogen-bond acceptors (Lipinski definition) is 4. The van der Waals surface area contributed by atoms with E-state index in [4.69, 9.17) is 4.99 Å². The van der Waals surface area contributed by atoms with Gasteiger partial charge in [-0.2, -0.15) is 0 Å². The Morgan fingerprint density at radius 1 is 1.07 bits per heavy atom. The number of piperazine rings is 1. The maximum Gasteiger partial charge on any atom is 0.236 e. The minimum atomic E-state index is -0.613. The Hall–Kier alpha value is -1.34. The smallest absolute Gasteiger partial charge is 0.236 e. The molecule has 2 N–H and O–H groups in total. The molecular weight excluding hydrogens is 366 g/mol. The van der Waals surface area contributed by atoms with Crippen LogP contribution in [0.1, 0.15) is 52.9 Å². The van der Waals surface area contributed by atoms with Gasteiger partial charge in [-0.25, -0.2) is 0 Å². The SMILES string of the molecule is CCNC(=NCC1(O)CCCC1)N1CCN(CC(=O)N2CC(C)CC(C)C2)CC1. The number of nitrogens with one attached hydrogen (secondary N) is 1. The predicted molar refractivity (Wildman–Crippen MR) is 117 cm³/mol. The van der Waals surface area contributed by atoms with Crippen molar-refractivity contribution in [2.24, 2.45) is 16.8 Å². The van der Waals surface area contributed by atoms with Gasteiger partial charge in [-0.3, -0.25) is 14.7 Å². The number of aliphatic hydroxyl groups is 1. The third-order valence-electron chi connectivity index (χ3n) is 6.64. The third-order valence-corrected chi connectivity index (χ3v) is 6.64. The molecule has 0 aromatic heterocycles. The largest absolute Gasteiger partial charge is 0.388 e. The molecule has 1 amide bonds. The summed E-state index contributed by atoms with van der Waals surface area (Å²) in [4.78, 5) is 24.1. The lowest BCUT2D eigenvalue weighted by Crippen LogP contribution is -2.55. The quantitative estimate of drug-likeness (QED) is 0.532. The monoisotopic (exact) mass is 407 g/mol. The van der Waals surface area contributed by atoms with E-state index in [1.54, 1.807) is 0 Å². The van der Waals surface area contributed by atoms with Crippen LogP contribution in [-0.2, 0) is 4.79 Å². The fraction of sp³-hybridized carbons (Fsp3) is 0.909. The van der Waals surface area contributed by atoms with Gasteiger partial charge in [0.25, 0.3) is 0 Å². The summed E-state index contributed by atoms with van der Waals surface area (Å²) in [5.74, 6) is 2.39. The Kier molecular flexibility index (Phi) is 7.79. The number of piperidine rings is 1. The number of carbonyl (C=O) groups excluding carboxylic acids is 1. The first-order valence-electron chi connectivity index (χ1n) is 11.6. The Bertz CT molecular complexity index is 558. The van der Waals surface area contributed by atoms with Crippen molar-refractivity contribution in [3.8, 4) is 0 Å². The van der Waals surface area contributed by atoms with Crippen LogP contribution in [0.15, 0.2) is 4.99 Å². The van der Waals surface area contributed by atoms with Crippen molar-refractivity contribution in [2.45, 2.75) is 58.5 Å². The number of nitrogens with zero attached hydrogens (tertiary/aromatic N) is 4. The minimum Gasteiger partial charge on any atom is -0.388 e. The van der Waals surface area contributed by atoms with Crippen LogP contribution >= 0.6 is 0 Å². The first-order valence-corrected chi connectivity index (χ1v) is 11.6. The molecule has 166 valence electrons. The van der Waals surface area contributed by atoms with Crippen molar-refractivity contribution in [1.29, 1.82) is 0 Å². The zero-order valence-electron chi connectivity index (χ0n) is 18.7. The topological polar surface area (TPSA) is 71.4 Å². The van der Waals surface area contributed by atoms with Gasteiger partial charge in [0, 0.05) is 45.8 Å². The molecule has 3 aliphatic rings. The summed E-state index contributed by atoms with van der Waals surface area (Å²) in [5.41, 5.74) is -0.613. The lowest BCUT2D eigenvalue weighted by Gasteiger charge is -2.39. The van der Waals surface area contributed by atoms with Crippen molar-refractivity contribution in [1.82, 2.24) is 20.0 Å². The van der Waals surface area contributed by atoms with Crippen LogP contribution in [0.4, 0.5) is 0 Å². The number of rotatable bonds is 5. The van der Waals surface area contributed by atoms with E-state index < -0.39 is 5.60 Å². The molecule has 7 heteroatoms. The molecule has 2 saturated heterocycles. The maximum absolute atomic E-state index is 12.8. The highest BCUT2D eigenvalue weighted by molar-refractivity contribution is 5.80. The van der Waals surface area contributed by atoms with Gasteiger partial charge in [0.05, 0.1) is 18.7 Å². The second-order valence-corrected chi connectivity index (χ2v) is 9.61. The van der Waals surface area contributed by atoms with Gasteiger partial charge < -0.3 is 20.2 Å². The van der Waals surface area contributed by atoms with Gasteiger partial charge in [-0.15, -0.1) is 0 Å². The molecule has 2 aliphatic heterocycles. The summed E-state index contributed by atoms with van der Waals surface area (Å²) in [6.07, 6.45) is 5.15. The van der Waals surface area contributed by atoms with Crippen LogP contribution in [0.25, 0.3) is 0 Å². The van der Waals surface area contributed by atoms with Gasteiger partial charge in [-0.05, 0) is 38.0 Å². The van der Waals surface area contributed by atoms with Crippen LogP contribution in [0.2, 0.25) is 0 Å². The van der Waals surface area contributed by atoms with E-state index in [1.165, 1.54) is 6.42 Å². The standard InChI is InChI=1S/C22H41N5O2/c1-4-23-21(24-17-22(29)7-5-6-8-22)26-11-9-25(10-12-26)16-20(28)27-14-18(2)13-19(3)15-27/h18-19,29H,4-17H2,1-3H3,(H,23,24). The first-order chi connectivity index (χ1) is 13.9. The lowest BCUT2D eigenvalue weighted by molar-refractivity contribution is -0.135. The average molecular weight is 408 g/mol. The number of aliphatic imine (C=N–C) groups is 1. The summed E-state index contributed by atoms with van der Waals surface area (Å²) in [6.45, 7) is 13.7. The van der Waals surface area contributed by atoms with Gasteiger partial charge >= 0.3 is 0 Å². The average Bonchev–Trinajstić information content (AvgIpc) is 3.12. The molecule has 3 fully saturated rings. The van der Waals surface area contributed by atoms with E-state index in [0.717, 1.165) is 77.5 Å². The summed E-state index contributed by atoms with van der Waals surface area (Å²) in [6, 6.07) is 0. The Balaban J connectivity index is 1.48. The van der Waals surface area contributed by atoms with Gasteiger partial charge in [0.15, 0.2) is 5.96 Å². The molecule has 1 aliphatic carbocycles. The van der Waals surface area contributed by atoms with Crippen molar-refractivity contribution in [3.63, 3.8) is 0 Å². The third kappa shape index (κ3) is 6.32. The van der Waals surface area contributed by atoms with Gasteiger partial charge in [0.1, 0.15) is 0 Å². The fourth-order valence-corrected chi connectivity index (χ4v) is 5.11. The Morgan fingerprint density at radius 2 is 1.69 bits per heavy atom. The van der Waals surface area contributed by atoms with Crippen molar-refractivity contribution in [3.05, 3.63) is 0 Å². The second kappa shape index (κ2) is 10.1. The molecule has 0 aromatic rings. The molecule has 0 bridgehead atoms. The first kappa shape index (κ1) is 22.3. The van der Waals surface area contributed by atoms with E-state index in [1.807, 2.05) is 0 Å². The minimum absolute atomic E-state index is 0.279. The molecule has 2 heterocycles. The summed E-state index contributed by atoms with van der Waals surface area (Å²) in [5, 5.41) is 14.0. The normalized spacial score (nSPS) is 28.6. The van der Waals surface area contributed by atoms with E-state index in [9.17, 15) is 9.90 Å². The number of guanidine groups is 1. The number of hydrogen-bond donors (Lipinski definition) is 2. The molecule has 2 unspecified atom stereocenters. The Labute approximate surface area is 176 Å². The van der Waals surface area contributed by atoms with E-state index >= 15 is 0 Å². The highest BCUT2D eigenvalue weighted by Gasteiger charge is 2.32. The maximum atomic E-state index is 12.8. The molecule has 29 heavy (non-hydrogen) atoms.